The largest absolute Gasteiger partial charge is 1.00 e. The van der Waals surface area contributed by atoms with E-state index < -0.39 is 0 Å². The van der Waals surface area contributed by atoms with Crippen LogP contribution in [0.5, 0.6) is 0 Å². The molecular formula is C7H11BrN2. The highest BCUT2D eigenvalue weighted by atomic mass is 79.9. The van der Waals surface area contributed by atoms with Crippen LogP contribution < -0.4 is 22.3 Å². The molecule has 2 aliphatic heterocycles. The number of nitrogens with two attached hydrogens (primary N) is 1. The molecule has 0 saturated carbocycles. The number of hydrogen-bond acceptors (Lipinski definition) is 1. The van der Waals surface area contributed by atoms with Crippen molar-refractivity contribution in [3.05, 3.63) is 24.0 Å². The van der Waals surface area contributed by atoms with Crippen molar-refractivity contribution in [1.29, 1.82) is 0 Å². The molecule has 56 valence electrons. The summed E-state index contributed by atoms with van der Waals surface area (Å²) in [4.78, 5) is 2.39. The first-order chi connectivity index (χ1) is 4.47. The number of halogens is 1. The predicted octanol–water partition coefficient (Wildman–Crippen LogP) is -3.72. The van der Waals surface area contributed by atoms with Crippen molar-refractivity contribution in [1.82, 2.24) is 4.90 Å². The standard InChI is InChI=1S/C7H10N2.BrH/c1-2-5-9-6-4-8-7(9)3-1;/h1-3,8H,4-6H2;1H. The second kappa shape index (κ2) is 3.21. The number of nitrogens with zero attached hydrogens (tertiary/aromatic N) is 1. The minimum atomic E-state index is 0. The molecule has 0 spiro atoms. The summed E-state index contributed by atoms with van der Waals surface area (Å²) < 4.78 is 0. The van der Waals surface area contributed by atoms with E-state index in [2.05, 4.69) is 28.4 Å². The van der Waals surface area contributed by atoms with Crippen LogP contribution in [0, 0.1) is 0 Å². The molecule has 2 N–H and O–H groups in total. The van der Waals surface area contributed by atoms with Gasteiger partial charge in [0.15, 0.2) is 0 Å². The van der Waals surface area contributed by atoms with Gasteiger partial charge in [-0.25, -0.2) is 0 Å². The van der Waals surface area contributed by atoms with Gasteiger partial charge in [-0.2, -0.15) is 0 Å². The van der Waals surface area contributed by atoms with Gasteiger partial charge < -0.3 is 21.9 Å². The zero-order chi connectivity index (χ0) is 6.10. The molecule has 2 aliphatic rings. The van der Waals surface area contributed by atoms with Crippen LogP contribution in [-0.2, 0) is 0 Å². The highest BCUT2D eigenvalue weighted by Gasteiger charge is 2.19. The van der Waals surface area contributed by atoms with Crippen LogP contribution >= 0.6 is 0 Å². The Morgan fingerprint density at radius 2 is 2.40 bits per heavy atom. The third kappa shape index (κ3) is 1.25. The van der Waals surface area contributed by atoms with E-state index in [1.165, 1.54) is 18.9 Å². The second-order valence-corrected chi connectivity index (χ2v) is 2.46. The molecule has 0 amide bonds. The van der Waals surface area contributed by atoms with Crippen LogP contribution in [0.1, 0.15) is 0 Å². The summed E-state index contributed by atoms with van der Waals surface area (Å²) in [6, 6.07) is 0. The first kappa shape index (κ1) is 7.82. The molecule has 1 fully saturated rings. The normalized spacial score (nSPS) is 21.6. The highest BCUT2D eigenvalue weighted by Crippen LogP contribution is 2.04. The van der Waals surface area contributed by atoms with Crippen molar-refractivity contribution < 1.29 is 22.3 Å². The zero-order valence-electron chi connectivity index (χ0n) is 5.76. The summed E-state index contributed by atoms with van der Waals surface area (Å²) in [7, 11) is 0. The van der Waals surface area contributed by atoms with Crippen molar-refractivity contribution in [2.24, 2.45) is 0 Å². The Hall–Kier alpha value is -0.280. The molecule has 0 bridgehead atoms. The van der Waals surface area contributed by atoms with E-state index in [1.54, 1.807) is 0 Å². The molecule has 0 aromatic rings. The Bertz CT molecular complexity index is 174. The number of rotatable bonds is 0. The molecule has 0 atom stereocenters. The van der Waals surface area contributed by atoms with Crippen molar-refractivity contribution in [3.8, 4) is 0 Å². The smallest absolute Gasteiger partial charge is 0.201 e. The van der Waals surface area contributed by atoms with E-state index in [1.807, 2.05) is 0 Å². The molecule has 0 radical (unpaired) electrons. The second-order valence-electron chi connectivity index (χ2n) is 2.46. The van der Waals surface area contributed by atoms with Crippen LogP contribution in [0.4, 0.5) is 0 Å². The fourth-order valence-electron chi connectivity index (χ4n) is 1.35. The Morgan fingerprint density at radius 1 is 1.50 bits per heavy atom. The summed E-state index contributed by atoms with van der Waals surface area (Å²) in [5, 5.41) is 2.30. The monoisotopic (exact) mass is 202 g/mol. The fourth-order valence-corrected chi connectivity index (χ4v) is 1.35. The molecule has 3 heteroatoms. The molecule has 0 aliphatic carbocycles. The molecule has 0 aromatic carbocycles. The van der Waals surface area contributed by atoms with Gasteiger partial charge in [-0.1, -0.05) is 12.2 Å². The van der Waals surface area contributed by atoms with Crippen molar-refractivity contribution >= 4 is 0 Å². The first-order valence-electron chi connectivity index (χ1n) is 3.42. The van der Waals surface area contributed by atoms with Crippen molar-refractivity contribution in [3.63, 3.8) is 0 Å². The van der Waals surface area contributed by atoms with E-state index in [4.69, 9.17) is 0 Å². The van der Waals surface area contributed by atoms with E-state index in [0.29, 0.717) is 0 Å². The Kier molecular flexibility index (Phi) is 2.51. The highest BCUT2D eigenvalue weighted by molar-refractivity contribution is 5.13. The van der Waals surface area contributed by atoms with Gasteiger partial charge in [0, 0.05) is 12.6 Å². The van der Waals surface area contributed by atoms with E-state index >= 15 is 0 Å². The molecular weight excluding hydrogens is 192 g/mol. The topological polar surface area (TPSA) is 19.9 Å². The van der Waals surface area contributed by atoms with Gasteiger partial charge >= 0.3 is 0 Å². The Morgan fingerprint density at radius 3 is 3.20 bits per heavy atom. The lowest BCUT2D eigenvalue weighted by atomic mass is 10.3. The van der Waals surface area contributed by atoms with Gasteiger partial charge in [0.05, 0.1) is 13.1 Å². The zero-order valence-corrected chi connectivity index (χ0v) is 7.34. The van der Waals surface area contributed by atoms with Gasteiger partial charge in [-0.05, 0) is 0 Å². The lowest BCUT2D eigenvalue weighted by Crippen LogP contribution is -3.00. The summed E-state index contributed by atoms with van der Waals surface area (Å²) >= 11 is 0. The maximum atomic E-state index is 2.39. The van der Waals surface area contributed by atoms with Crippen LogP contribution in [-0.4, -0.2) is 24.5 Å². The summed E-state index contributed by atoms with van der Waals surface area (Å²) in [6.45, 7) is 3.56. The summed E-state index contributed by atoms with van der Waals surface area (Å²) in [5.74, 6) is 1.41. The van der Waals surface area contributed by atoms with Gasteiger partial charge in [0.25, 0.3) is 0 Å². The van der Waals surface area contributed by atoms with Gasteiger partial charge in [0.1, 0.15) is 0 Å². The molecule has 2 nitrogen and oxygen atoms in total. The van der Waals surface area contributed by atoms with Crippen molar-refractivity contribution in [2.45, 2.75) is 0 Å². The minimum absolute atomic E-state index is 0. The molecule has 0 unspecified atom stereocenters. The van der Waals surface area contributed by atoms with E-state index in [0.717, 1.165) is 6.54 Å². The maximum absolute atomic E-state index is 2.39. The van der Waals surface area contributed by atoms with Gasteiger partial charge in [0.2, 0.25) is 5.82 Å². The van der Waals surface area contributed by atoms with Gasteiger partial charge in [-0.15, -0.1) is 0 Å². The first-order valence-corrected chi connectivity index (χ1v) is 3.42. The maximum Gasteiger partial charge on any atom is 0.201 e. The average molecular weight is 203 g/mol. The number of hydrogen-bond donors (Lipinski definition) is 1. The van der Waals surface area contributed by atoms with Gasteiger partial charge in [-0.3, -0.25) is 5.32 Å². The third-order valence-electron chi connectivity index (χ3n) is 1.85. The lowest BCUT2D eigenvalue weighted by Gasteiger charge is -2.14. The molecule has 2 heterocycles. The summed E-state index contributed by atoms with van der Waals surface area (Å²) in [6.07, 6.45) is 6.51. The Balaban J connectivity index is 0.000000500. The van der Waals surface area contributed by atoms with Crippen LogP contribution in [0.15, 0.2) is 24.0 Å². The number of allylic oxidation sites excluding steroid dienone is 2. The quantitative estimate of drug-likeness (QED) is 0.429. The third-order valence-corrected chi connectivity index (χ3v) is 1.85. The van der Waals surface area contributed by atoms with E-state index in [-0.39, 0.29) is 17.0 Å². The molecule has 2 rings (SSSR count). The Labute approximate surface area is 71.4 Å². The number of fused-ring (bicyclic) bond motifs is 1. The van der Waals surface area contributed by atoms with Crippen LogP contribution in [0.25, 0.3) is 0 Å². The number of quaternary nitrogens is 1. The molecule has 10 heavy (non-hydrogen) atoms. The van der Waals surface area contributed by atoms with E-state index in [9.17, 15) is 0 Å². The molecule has 0 aromatic heterocycles. The average Bonchev–Trinajstić information content (AvgIpc) is 2.33. The lowest BCUT2D eigenvalue weighted by molar-refractivity contribution is -0.594. The fraction of sp³-hybridized carbons (Fsp3) is 0.429. The predicted molar refractivity (Wildman–Crippen MR) is 35.6 cm³/mol. The van der Waals surface area contributed by atoms with Crippen LogP contribution in [0.3, 0.4) is 0 Å². The van der Waals surface area contributed by atoms with Crippen molar-refractivity contribution in [2.75, 3.05) is 19.6 Å². The molecule has 1 saturated heterocycles. The minimum Gasteiger partial charge on any atom is -1.00 e. The SMILES string of the molecule is C1=CCN2CC[NH2+]C2=C1.[Br-]. The summed E-state index contributed by atoms with van der Waals surface area (Å²) in [5.41, 5.74) is 0. The van der Waals surface area contributed by atoms with Crippen LogP contribution in [0.2, 0.25) is 0 Å².